The molecule has 2 atom stereocenters. The molecule has 1 saturated carbocycles. The van der Waals surface area contributed by atoms with Crippen LogP contribution in [-0.4, -0.2) is 17.4 Å². The van der Waals surface area contributed by atoms with E-state index in [1.165, 1.54) is 6.42 Å². The van der Waals surface area contributed by atoms with Gasteiger partial charge in [-0.15, -0.1) is 0 Å². The number of H-pyrrole nitrogens is 1. The third kappa shape index (κ3) is 2.83. The number of nitrogens with zero attached hydrogens (tertiary/aromatic N) is 1. The summed E-state index contributed by atoms with van der Waals surface area (Å²) in [6.07, 6.45) is 6.55. The molecule has 1 aromatic rings. The summed E-state index contributed by atoms with van der Waals surface area (Å²) in [6, 6.07) is 1.93. The number of hydrogen-bond acceptors (Lipinski definition) is 2. The lowest BCUT2D eigenvalue weighted by Gasteiger charge is -2.40. The quantitative estimate of drug-likeness (QED) is 0.866. The summed E-state index contributed by atoms with van der Waals surface area (Å²) in [7, 11) is 0. The maximum atomic E-state index is 13.1. The minimum atomic E-state index is -0.131. The first-order chi connectivity index (χ1) is 10.4. The Bertz CT molecular complexity index is 632. The third-order valence-electron chi connectivity index (χ3n) is 5.12. The molecule has 1 fully saturated rings. The van der Waals surface area contributed by atoms with Gasteiger partial charge < -0.3 is 9.88 Å². The molecule has 2 aliphatic rings. The zero-order valence-electron chi connectivity index (χ0n) is 13.8. The van der Waals surface area contributed by atoms with Crippen LogP contribution in [0.5, 0.6) is 0 Å². The highest BCUT2D eigenvalue weighted by atomic mass is 16.2. The van der Waals surface area contributed by atoms with Crippen molar-refractivity contribution in [2.45, 2.75) is 52.9 Å². The van der Waals surface area contributed by atoms with Gasteiger partial charge in [0.05, 0.1) is 0 Å². The van der Waals surface area contributed by atoms with Crippen molar-refractivity contribution in [2.24, 2.45) is 17.3 Å². The minimum absolute atomic E-state index is 0.0457. The predicted octanol–water partition coefficient (Wildman–Crippen LogP) is 3.12. The monoisotopic (exact) mass is 302 g/mol. The minimum Gasteiger partial charge on any atom is -0.327 e. The molecule has 1 N–H and O–H groups in total. The second-order valence-electron chi connectivity index (χ2n) is 7.88. The Morgan fingerprint density at radius 2 is 2.14 bits per heavy atom. The molecule has 1 aromatic heterocycles. The molecule has 1 aliphatic heterocycles. The van der Waals surface area contributed by atoms with Crippen molar-refractivity contribution < 1.29 is 4.79 Å². The maximum Gasteiger partial charge on any atom is 0.272 e. The molecule has 0 aromatic carbocycles. The van der Waals surface area contributed by atoms with Crippen LogP contribution >= 0.6 is 0 Å². The van der Waals surface area contributed by atoms with E-state index >= 15 is 0 Å². The molecule has 3 rings (SSSR count). The predicted molar refractivity (Wildman–Crippen MR) is 88.0 cm³/mol. The van der Waals surface area contributed by atoms with Gasteiger partial charge in [-0.25, -0.2) is 0 Å². The SMILES string of the molecule is CC1CC(C(=O)N2CCCc3cc[nH]c(=O)c32)CC(C)(C)C1. The Balaban J connectivity index is 1.90. The summed E-state index contributed by atoms with van der Waals surface area (Å²) in [4.78, 5) is 29.8. The Morgan fingerprint density at radius 1 is 1.36 bits per heavy atom. The smallest absolute Gasteiger partial charge is 0.272 e. The van der Waals surface area contributed by atoms with E-state index in [1.54, 1.807) is 11.1 Å². The second-order valence-corrected chi connectivity index (χ2v) is 7.88. The van der Waals surface area contributed by atoms with Crippen LogP contribution in [0.15, 0.2) is 17.1 Å². The van der Waals surface area contributed by atoms with Crippen molar-refractivity contribution in [3.8, 4) is 0 Å². The molecule has 4 heteroatoms. The van der Waals surface area contributed by atoms with Gasteiger partial charge in [0.1, 0.15) is 5.69 Å². The van der Waals surface area contributed by atoms with Gasteiger partial charge in [0, 0.05) is 18.7 Å². The summed E-state index contributed by atoms with van der Waals surface area (Å²) in [5, 5.41) is 0. The molecule has 2 heterocycles. The lowest BCUT2D eigenvalue weighted by atomic mass is 9.67. The highest BCUT2D eigenvalue weighted by molar-refractivity contribution is 5.96. The highest BCUT2D eigenvalue weighted by Gasteiger charge is 2.38. The summed E-state index contributed by atoms with van der Waals surface area (Å²) in [5.74, 6) is 0.762. The molecule has 0 saturated heterocycles. The molecular formula is C18H26N2O2. The number of fused-ring (bicyclic) bond motifs is 1. The summed E-state index contributed by atoms with van der Waals surface area (Å²) >= 11 is 0. The van der Waals surface area contributed by atoms with Gasteiger partial charge in [-0.05, 0) is 55.1 Å². The molecule has 22 heavy (non-hydrogen) atoms. The van der Waals surface area contributed by atoms with E-state index in [0.29, 0.717) is 18.2 Å². The number of nitrogens with one attached hydrogen (secondary N) is 1. The largest absolute Gasteiger partial charge is 0.327 e. The lowest BCUT2D eigenvalue weighted by molar-refractivity contribution is -0.125. The van der Waals surface area contributed by atoms with Crippen molar-refractivity contribution >= 4 is 11.6 Å². The first kappa shape index (κ1) is 15.3. The normalized spacial score (nSPS) is 27.3. The van der Waals surface area contributed by atoms with E-state index < -0.39 is 0 Å². The van der Waals surface area contributed by atoms with Crippen LogP contribution < -0.4 is 10.5 Å². The average molecular weight is 302 g/mol. The van der Waals surface area contributed by atoms with Crippen LogP contribution in [0.2, 0.25) is 0 Å². The number of aromatic nitrogens is 1. The number of amides is 1. The summed E-state index contributed by atoms with van der Waals surface area (Å²) < 4.78 is 0. The number of pyridine rings is 1. The number of rotatable bonds is 1. The van der Waals surface area contributed by atoms with Gasteiger partial charge in [-0.3, -0.25) is 9.59 Å². The molecule has 4 nitrogen and oxygen atoms in total. The summed E-state index contributed by atoms with van der Waals surface area (Å²) in [6.45, 7) is 7.40. The van der Waals surface area contributed by atoms with Crippen molar-refractivity contribution in [3.05, 3.63) is 28.2 Å². The van der Waals surface area contributed by atoms with E-state index in [4.69, 9.17) is 0 Å². The van der Waals surface area contributed by atoms with Crippen LogP contribution in [0.1, 0.15) is 52.0 Å². The zero-order valence-corrected chi connectivity index (χ0v) is 13.8. The van der Waals surface area contributed by atoms with E-state index in [2.05, 4.69) is 25.8 Å². The Labute approximate surface area is 131 Å². The molecule has 2 unspecified atom stereocenters. The molecule has 0 radical (unpaired) electrons. The van der Waals surface area contributed by atoms with Gasteiger partial charge in [0.15, 0.2) is 0 Å². The van der Waals surface area contributed by atoms with Gasteiger partial charge in [-0.2, -0.15) is 0 Å². The Kier molecular flexibility index (Phi) is 3.87. The number of aromatic amines is 1. The number of carbonyl (C=O) groups is 1. The number of aryl methyl sites for hydroxylation is 1. The summed E-state index contributed by atoms with van der Waals surface area (Å²) in [5.41, 5.74) is 1.68. The van der Waals surface area contributed by atoms with Gasteiger partial charge >= 0.3 is 0 Å². The van der Waals surface area contributed by atoms with Crippen molar-refractivity contribution in [3.63, 3.8) is 0 Å². The van der Waals surface area contributed by atoms with Gasteiger partial charge in [-0.1, -0.05) is 20.8 Å². The van der Waals surface area contributed by atoms with Crippen LogP contribution in [0.25, 0.3) is 0 Å². The molecule has 1 aliphatic carbocycles. The van der Waals surface area contributed by atoms with E-state index in [0.717, 1.165) is 31.2 Å². The fourth-order valence-corrected chi connectivity index (χ4v) is 4.52. The van der Waals surface area contributed by atoms with Crippen molar-refractivity contribution in [1.82, 2.24) is 4.98 Å². The molecular weight excluding hydrogens is 276 g/mol. The molecule has 120 valence electrons. The van der Waals surface area contributed by atoms with Crippen LogP contribution in [0.4, 0.5) is 5.69 Å². The highest BCUT2D eigenvalue weighted by Crippen LogP contribution is 2.42. The average Bonchev–Trinajstić information content (AvgIpc) is 2.44. The van der Waals surface area contributed by atoms with E-state index in [9.17, 15) is 9.59 Å². The number of hydrogen-bond donors (Lipinski definition) is 1. The molecule has 0 spiro atoms. The first-order valence-electron chi connectivity index (χ1n) is 8.39. The van der Waals surface area contributed by atoms with Crippen LogP contribution in [-0.2, 0) is 11.2 Å². The van der Waals surface area contributed by atoms with Crippen molar-refractivity contribution in [2.75, 3.05) is 11.4 Å². The first-order valence-corrected chi connectivity index (χ1v) is 8.39. The van der Waals surface area contributed by atoms with Crippen LogP contribution in [0.3, 0.4) is 0 Å². The number of anilines is 1. The topological polar surface area (TPSA) is 53.2 Å². The van der Waals surface area contributed by atoms with Gasteiger partial charge in [0.25, 0.3) is 5.56 Å². The molecule has 0 bridgehead atoms. The lowest BCUT2D eigenvalue weighted by Crippen LogP contribution is -2.45. The van der Waals surface area contributed by atoms with E-state index in [-0.39, 0.29) is 22.8 Å². The standard InChI is InChI=1S/C18H26N2O2/c1-12-9-14(11-18(2,3)10-12)17(22)20-8-4-5-13-6-7-19-16(21)15(13)20/h6-7,12,14H,4-5,8-11H2,1-3H3,(H,19,21). The fourth-order valence-electron chi connectivity index (χ4n) is 4.52. The Hall–Kier alpha value is -1.58. The third-order valence-corrected chi connectivity index (χ3v) is 5.12. The van der Waals surface area contributed by atoms with Crippen molar-refractivity contribution in [1.29, 1.82) is 0 Å². The number of carbonyl (C=O) groups excluding carboxylic acids is 1. The Morgan fingerprint density at radius 3 is 2.86 bits per heavy atom. The fraction of sp³-hybridized carbons (Fsp3) is 0.667. The van der Waals surface area contributed by atoms with Gasteiger partial charge in [0.2, 0.25) is 5.91 Å². The van der Waals surface area contributed by atoms with Crippen LogP contribution in [0, 0.1) is 17.3 Å². The second kappa shape index (κ2) is 5.56. The maximum absolute atomic E-state index is 13.1. The zero-order chi connectivity index (χ0) is 15.9. The molecule has 1 amide bonds. The van der Waals surface area contributed by atoms with E-state index in [1.807, 2.05) is 6.07 Å².